The highest BCUT2D eigenvalue weighted by Gasteiger charge is 2.07. The van der Waals surface area contributed by atoms with E-state index in [1.165, 1.54) is 0 Å². The van der Waals surface area contributed by atoms with E-state index in [1.807, 2.05) is 42.5 Å². The number of hydrogen-bond donors (Lipinski definition) is 3. The number of urea groups is 1. The Hall–Kier alpha value is -3.28. The van der Waals surface area contributed by atoms with Crippen LogP contribution in [0.4, 0.5) is 10.5 Å². The smallest absolute Gasteiger partial charge is 0.319 e. The highest BCUT2D eigenvalue weighted by Crippen LogP contribution is 2.22. The van der Waals surface area contributed by atoms with Gasteiger partial charge >= 0.3 is 6.03 Å². The molecule has 1 aromatic heterocycles. The second kappa shape index (κ2) is 8.01. The fraction of sp³-hybridized carbons (Fsp3) is 0.158. The molecule has 0 saturated carbocycles. The molecule has 2 amide bonds. The van der Waals surface area contributed by atoms with Crippen molar-refractivity contribution in [1.82, 2.24) is 15.3 Å². The third-order valence-corrected chi connectivity index (χ3v) is 3.72. The first kappa shape index (κ1) is 16.6. The van der Waals surface area contributed by atoms with Crippen LogP contribution in [0, 0.1) is 0 Å². The van der Waals surface area contributed by atoms with E-state index in [-0.39, 0.29) is 6.03 Å². The molecular formula is C19H20N4O2. The van der Waals surface area contributed by atoms with E-state index in [0.29, 0.717) is 24.4 Å². The van der Waals surface area contributed by atoms with E-state index in [0.717, 1.165) is 17.1 Å². The summed E-state index contributed by atoms with van der Waals surface area (Å²) in [4.78, 5) is 19.6. The van der Waals surface area contributed by atoms with E-state index >= 15 is 0 Å². The molecule has 6 nitrogen and oxygen atoms in total. The van der Waals surface area contributed by atoms with Crippen molar-refractivity contribution in [3.8, 4) is 17.0 Å². The molecule has 0 bridgehead atoms. The molecule has 0 atom stereocenters. The summed E-state index contributed by atoms with van der Waals surface area (Å²) in [6.45, 7) is 0.475. The molecule has 0 fully saturated rings. The van der Waals surface area contributed by atoms with Crippen LogP contribution in [0.2, 0.25) is 0 Å². The molecular weight excluding hydrogens is 316 g/mol. The molecule has 0 aliphatic carbocycles. The molecule has 0 saturated heterocycles. The van der Waals surface area contributed by atoms with E-state index in [2.05, 4.69) is 20.6 Å². The lowest BCUT2D eigenvalue weighted by Crippen LogP contribution is -2.30. The number of nitrogens with zero attached hydrogens (tertiary/aromatic N) is 1. The van der Waals surface area contributed by atoms with Gasteiger partial charge in [-0.05, 0) is 17.7 Å². The zero-order valence-electron chi connectivity index (χ0n) is 14.0. The lowest BCUT2D eigenvalue weighted by atomic mass is 10.2. The highest BCUT2D eigenvalue weighted by molar-refractivity contribution is 5.90. The van der Waals surface area contributed by atoms with Crippen molar-refractivity contribution in [1.29, 1.82) is 0 Å². The first-order valence-corrected chi connectivity index (χ1v) is 8.03. The van der Waals surface area contributed by atoms with Crippen LogP contribution in [0.3, 0.4) is 0 Å². The largest absolute Gasteiger partial charge is 0.495 e. The zero-order chi connectivity index (χ0) is 17.5. The standard InChI is InChI=1S/C19H20N4O2/c1-25-17-10-6-5-9-15(17)23-19(24)20-12-11-18-21-13-16(22-18)14-7-3-2-4-8-14/h2-10,13H,11-12H2,1H3,(H,21,22)(H2,20,23,24). The average Bonchev–Trinajstić information content (AvgIpc) is 3.12. The Labute approximate surface area is 146 Å². The van der Waals surface area contributed by atoms with Crippen LogP contribution in [0.1, 0.15) is 5.82 Å². The maximum absolute atomic E-state index is 12.0. The fourth-order valence-electron chi connectivity index (χ4n) is 2.46. The van der Waals surface area contributed by atoms with E-state index in [4.69, 9.17) is 4.74 Å². The topological polar surface area (TPSA) is 79.0 Å². The van der Waals surface area contributed by atoms with Gasteiger partial charge in [-0.2, -0.15) is 0 Å². The fourth-order valence-corrected chi connectivity index (χ4v) is 2.46. The van der Waals surface area contributed by atoms with Gasteiger partial charge in [0, 0.05) is 13.0 Å². The lowest BCUT2D eigenvalue weighted by molar-refractivity contribution is 0.252. The molecule has 0 spiro atoms. The van der Waals surface area contributed by atoms with Crippen molar-refractivity contribution in [2.45, 2.75) is 6.42 Å². The number of aromatic nitrogens is 2. The summed E-state index contributed by atoms with van der Waals surface area (Å²) >= 11 is 0. The lowest BCUT2D eigenvalue weighted by Gasteiger charge is -2.10. The van der Waals surface area contributed by atoms with Crippen LogP contribution < -0.4 is 15.4 Å². The molecule has 0 unspecified atom stereocenters. The normalized spacial score (nSPS) is 10.3. The second-order valence-corrected chi connectivity index (χ2v) is 5.44. The summed E-state index contributed by atoms with van der Waals surface area (Å²) in [6.07, 6.45) is 2.42. The number of methoxy groups -OCH3 is 1. The van der Waals surface area contributed by atoms with Gasteiger partial charge in [-0.15, -0.1) is 0 Å². The van der Waals surface area contributed by atoms with Gasteiger partial charge in [-0.3, -0.25) is 0 Å². The number of ether oxygens (including phenoxy) is 1. The summed E-state index contributed by atoms with van der Waals surface area (Å²) in [5.74, 6) is 1.45. The predicted molar refractivity (Wildman–Crippen MR) is 97.7 cm³/mol. The number of carbonyl (C=O) groups is 1. The van der Waals surface area contributed by atoms with Gasteiger partial charge in [0.2, 0.25) is 0 Å². The molecule has 6 heteroatoms. The molecule has 128 valence electrons. The minimum atomic E-state index is -0.278. The molecule has 3 rings (SSSR count). The number of imidazole rings is 1. The number of anilines is 1. The number of hydrogen-bond acceptors (Lipinski definition) is 3. The Morgan fingerprint density at radius 2 is 1.88 bits per heavy atom. The van der Waals surface area contributed by atoms with Crippen molar-refractivity contribution < 1.29 is 9.53 Å². The molecule has 3 aromatic rings. The Morgan fingerprint density at radius 1 is 1.12 bits per heavy atom. The molecule has 3 N–H and O–H groups in total. The first-order chi connectivity index (χ1) is 12.3. The minimum absolute atomic E-state index is 0.278. The quantitative estimate of drug-likeness (QED) is 0.645. The molecule has 25 heavy (non-hydrogen) atoms. The van der Waals surface area contributed by atoms with Gasteiger partial charge in [0.1, 0.15) is 11.6 Å². The Morgan fingerprint density at radius 3 is 2.68 bits per heavy atom. The van der Waals surface area contributed by atoms with Crippen molar-refractivity contribution in [3.63, 3.8) is 0 Å². The van der Waals surface area contributed by atoms with Crippen molar-refractivity contribution >= 4 is 11.7 Å². The first-order valence-electron chi connectivity index (χ1n) is 8.03. The Kier molecular flexibility index (Phi) is 5.31. The minimum Gasteiger partial charge on any atom is -0.495 e. The number of para-hydroxylation sites is 2. The van der Waals surface area contributed by atoms with Crippen LogP contribution in [0.25, 0.3) is 11.3 Å². The zero-order valence-corrected chi connectivity index (χ0v) is 14.0. The molecule has 0 aliphatic heterocycles. The summed E-state index contributed by atoms with van der Waals surface area (Å²) in [7, 11) is 1.57. The second-order valence-electron chi connectivity index (χ2n) is 5.44. The Balaban J connectivity index is 1.50. The van der Waals surface area contributed by atoms with Crippen LogP contribution in [-0.2, 0) is 6.42 Å². The summed E-state index contributed by atoms with van der Waals surface area (Å²) < 4.78 is 5.21. The van der Waals surface area contributed by atoms with Crippen LogP contribution in [0.5, 0.6) is 5.75 Å². The van der Waals surface area contributed by atoms with Crippen LogP contribution in [-0.4, -0.2) is 29.7 Å². The van der Waals surface area contributed by atoms with Crippen molar-refractivity contribution in [3.05, 3.63) is 66.6 Å². The van der Waals surface area contributed by atoms with Crippen LogP contribution in [0.15, 0.2) is 60.8 Å². The highest BCUT2D eigenvalue weighted by atomic mass is 16.5. The van der Waals surface area contributed by atoms with Crippen molar-refractivity contribution in [2.75, 3.05) is 19.0 Å². The Bertz CT molecular complexity index is 830. The van der Waals surface area contributed by atoms with E-state index in [9.17, 15) is 4.79 Å². The monoisotopic (exact) mass is 336 g/mol. The SMILES string of the molecule is COc1ccccc1NC(=O)NCCc1ncc(-c2ccccc2)[nH]1. The van der Waals surface area contributed by atoms with Crippen molar-refractivity contribution in [2.24, 2.45) is 0 Å². The molecule has 0 radical (unpaired) electrons. The molecule has 2 aromatic carbocycles. The number of benzene rings is 2. The number of rotatable bonds is 6. The summed E-state index contributed by atoms with van der Waals surface area (Å²) in [5.41, 5.74) is 2.68. The third kappa shape index (κ3) is 4.38. The number of carbonyl (C=O) groups excluding carboxylic acids is 1. The van der Waals surface area contributed by atoms with Gasteiger partial charge in [0.05, 0.1) is 24.7 Å². The van der Waals surface area contributed by atoms with Gasteiger partial charge in [-0.1, -0.05) is 42.5 Å². The third-order valence-electron chi connectivity index (χ3n) is 3.72. The average molecular weight is 336 g/mol. The van der Waals surface area contributed by atoms with E-state index < -0.39 is 0 Å². The molecule has 0 aliphatic rings. The number of aromatic amines is 1. The maximum Gasteiger partial charge on any atom is 0.319 e. The van der Waals surface area contributed by atoms with Gasteiger partial charge < -0.3 is 20.4 Å². The van der Waals surface area contributed by atoms with Gasteiger partial charge in [-0.25, -0.2) is 9.78 Å². The summed E-state index contributed by atoms with van der Waals surface area (Å²) in [6, 6.07) is 17.0. The predicted octanol–water partition coefficient (Wildman–Crippen LogP) is 3.45. The molecule has 1 heterocycles. The van der Waals surface area contributed by atoms with E-state index in [1.54, 1.807) is 25.4 Å². The summed E-state index contributed by atoms with van der Waals surface area (Å²) in [5, 5.41) is 5.59. The number of amides is 2. The maximum atomic E-state index is 12.0. The van der Waals surface area contributed by atoms with Crippen LogP contribution >= 0.6 is 0 Å². The van der Waals surface area contributed by atoms with Gasteiger partial charge in [0.25, 0.3) is 0 Å². The number of nitrogens with one attached hydrogen (secondary N) is 3. The number of H-pyrrole nitrogens is 1. The van der Waals surface area contributed by atoms with Gasteiger partial charge in [0.15, 0.2) is 0 Å².